The molecule has 0 amide bonds. The molecule has 0 spiro atoms. The number of nitrogens with one attached hydrogen (secondary N) is 1. The normalized spacial score (nSPS) is 25.9. The summed E-state index contributed by atoms with van der Waals surface area (Å²) in [7, 11) is 0. The number of aryl methyl sites for hydroxylation is 1. The SMILES string of the molecule is CCCn1ncnc1CC1NCCCC1C. The van der Waals surface area contributed by atoms with Gasteiger partial charge in [0.05, 0.1) is 0 Å². The summed E-state index contributed by atoms with van der Waals surface area (Å²) in [5, 5.41) is 7.87. The standard InChI is InChI=1S/C12H22N4/c1-3-7-16-12(14-9-15-16)8-11-10(2)5-4-6-13-11/h9-11,13H,3-8H2,1-2H3. The molecule has 2 rings (SSSR count). The number of hydrogen-bond donors (Lipinski definition) is 1. The summed E-state index contributed by atoms with van der Waals surface area (Å²) in [6, 6.07) is 0.577. The van der Waals surface area contributed by atoms with Gasteiger partial charge in [-0.15, -0.1) is 0 Å². The van der Waals surface area contributed by atoms with Crippen LogP contribution >= 0.6 is 0 Å². The summed E-state index contributed by atoms with van der Waals surface area (Å²) in [4.78, 5) is 4.38. The number of aromatic nitrogens is 3. The molecule has 0 bridgehead atoms. The van der Waals surface area contributed by atoms with Crippen LogP contribution in [0.4, 0.5) is 0 Å². The Hall–Kier alpha value is -0.900. The lowest BCUT2D eigenvalue weighted by Gasteiger charge is -2.29. The molecule has 0 aliphatic carbocycles. The zero-order valence-electron chi connectivity index (χ0n) is 10.3. The lowest BCUT2D eigenvalue weighted by Crippen LogP contribution is -2.42. The highest BCUT2D eigenvalue weighted by molar-refractivity contribution is 4.93. The fourth-order valence-electron chi connectivity index (χ4n) is 2.43. The smallest absolute Gasteiger partial charge is 0.138 e. The Bertz CT molecular complexity index is 321. The van der Waals surface area contributed by atoms with Crippen LogP contribution in [-0.4, -0.2) is 27.4 Å². The van der Waals surface area contributed by atoms with Crippen LogP contribution in [0.5, 0.6) is 0 Å². The minimum absolute atomic E-state index is 0.577. The van der Waals surface area contributed by atoms with Gasteiger partial charge < -0.3 is 5.32 Å². The average molecular weight is 222 g/mol. The average Bonchev–Trinajstić information content (AvgIpc) is 2.70. The van der Waals surface area contributed by atoms with Crippen molar-refractivity contribution in [2.24, 2.45) is 5.92 Å². The molecule has 4 heteroatoms. The van der Waals surface area contributed by atoms with Crippen LogP contribution in [0.15, 0.2) is 6.33 Å². The van der Waals surface area contributed by atoms with Gasteiger partial charge in [-0.05, 0) is 31.7 Å². The van der Waals surface area contributed by atoms with Crippen molar-refractivity contribution in [1.29, 1.82) is 0 Å². The largest absolute Gasteiger partial charge is 0.313 e. The third-order valence-electron chi connectivity index (χ3n) is 3.46. The Morgan fingerprint density at radius 3 is 3.19 bits per heavy atom. The molecule has 1 saturated heterocycles. The molecule has 16 heavy (non-hydrogen) atoms. The highest BCUT2D eigenvalue weighted by atomic mass is 15.3. The molecule has 1 aromatic heterocycles. The molecule has 1 N–H and O–H groups in total. The van der Waals surface area contributed by atoms with Gasteiger partial charge >= 0.3 is 0 Å². The van der Waals surface area contributed by atoms with Gasteiger partial charge in [-0.1, -0.05) is 13.8 Å². The van der Waals surface area contributed by atoms with Crippen molar-refractivity contribution < 1.29 is 0 Å². The highest BCUT2D eigenvalue weighted by Gasteiger charge is 2.22. The third-order valence-corrected chi connectivity index (χ3v) is 3.46. The maximum absolute atomic E-state index is 4.38. The van der Waals surface area contributed by atoms with E-state index in [1.165, 1.54) is 12.8 Å². The number of hydrogen-bond acceptors (Lipinski definition) is 3. The van der Waals surface area contributed by atoms with Crippen molar-refractivity contribution in [2.45, 2.75) is 52.1 Å². The van der Waals surface area contributed by atoms with Crippen LogP contribution in [0.25, 0.3) is 0 Å². The second-order valence-corrected chi connectivity index (χ2v) is 4.78. The van der Waals surface area contributed by atoms with E-state index in [-0.39, 0.29) is 0 Å². The van der Waals surface area contributed by atoms with Gasteiger partial charge in [0.1, 0.15) is 12.2 Å². The van der Waals surface area contributed by atoms with E-state index in [4.69, 9.17) is 0 Å². The van der Waals surface area contributed by atoms with E-state index < -0.39 is 0 Å². The molecule has 0 saturated carbocycles. The van der Waals surface area contributed by atoms with Gasteiger partial charge in [0.15, 0.2) is 0 Å². The van der Waals surface area contributed by atoms with E-state index in [0.29, 0.717) is 6.04 Å². The molecular formula is C12H22N4. The molecule has 2 atom stereocenters. The van der Waals surface area contributed by atoms with Crippen LogP contribution in [0.3, 0.4) is 0 Å². The topological polar surface area (TPSA) is 42.7 Å². The fraction of sp³-hybridized carbons (Fsp3) is 0.833. The number of piperidine rings is 1. The monoisotopic (exact) mass is 222 g/mol. The van der Waals surface area contributed by atoms with Gasteiger partial charge in [-0.2, -0.15) is 5.10 Å². The zero-order valence-corrected chi connectivity index (χ0v) is 10.3. The highest BCUT2D eigenvalue weighted by Crippen LogP contribution is 2.18. The summed E-state index contributed by atoms with van der Waals surface area (Å²) in [5.41, 5.74) is 0. The van der Waals surface area contributed by atoms with E-state index in [0.717, 1.165) is 37.7 Å². The van der Waals surface area contributed by atoms with Crippen molar-refractivity contribution in [3.8, 4) is 0 Å². The third kappa shape index (κ3) is 2.61. The minimum atomic E-state index is 0.577. The Morgan fingerprint density at radius 2 is 2.44 bits per heavy atom. The predicted octanol–water partition coefficient (Wildman–Crippen LogP) is 1.62. The molecule has 2 unspecified atom stereocenters. The minimum Gasteiger partial charge on any atom is -0.313 e. The van der Waals surface area contributed by atoms with E-state index in [9.17, 15) is 0 Å². The van der Waals surface area contributed by atoms with Crippen molar-refractivity contribution in [2.75, 3.05) is 6.54 Å². The Morgan fingerprint density at radius 1 is 1.56 bits per heavy atom. The van der Waals surface area contributed by atoms with Gasteiger partial charge in [-0.3, -0.25) is 4.68 Å². The molecule has 2 heterocycles. The lowest BCUT2D eigenvalue weighted by molar-refractivity contribution is 0.292. The van der Waals surface area contributed by atoms with Crippen molar-refractivity contribution in [3.63, 3.8) is 0 Å². The van der Waals surface area contributed by atoms with Gasteiger partial charge in [-0.25, -0.2) is 4.98 Å². The molecule has 90 valence electrons. The first-order chi connectivity index (χ1) is 7.81. The molecular weight excluding hydrogens is 200 g/mol. The van der Waals surface area contributed by atoms with Crippen LogP contribution < -0.4 is 5.32 Å². The molecule has 1 fully saturated rings. The Kier molecular flexibility index (Phi) is 3.93. The molecule has 1 aromatic rings. The van der Waals surface area contributed by atoms with E-state index in [1.54, 1.807) is 6.33 Å². The number of nitrogens with zero attached hydrogens (tertiary/aromatic N) is 3. The van der Waals surface area contributed by atoms with E-state index in [2.05, 4.69) is 29.2 Å². The fourth-order valence-corrected chi connectivity index (χ4v) is 2.43. The summed E-state index contributed by atoms with van der Waals surface area (Å²) >= 11 is 0. The molecule has 0 radical (unpaired) electrons. The first-order valence-electron chi connectivity index (χ1n) is 6.41. The number of rotatable bonds is 4. The first-order valence-corrected chi connectivity index (χ1v) is 6.41. The first kappa shape index (κ1) is 11.6. The summed E-state index contributed by atoms with van der Waals surface area (Å²) < 4.78 is 2.04. The van der Waals surface area contributed by atoms with Gasteiger partial charge in [0, 0.05) is 19.0 Å². The molecule has 1 aliphatic rings. The van der Waals surface area contributed by atoms with Crippen molar-refractivity contribution in [1.82, 2.24) is 20.1 Å². The van der Waals surface area contributed by atoms with Crippen molar-refractivity contribution in [3.05, 3.63) is 12.2 Å². The molecule has 0 aromatic carbocycles. The van der Waals surface area contributed by atoms with E-state index >= 15 is 0 Å². The Labute approximate surface area is 97.5 Å². The molecule has 1 aliphatic heterocycles. The predicted molar refractivity (Wildman–Crippen MR) is 64.2 cm³/mol. The van der Waals surface area contributed by atoms with Crippen molar-refractivity contribution >= 4 is 0 Å². The van der Waals surface area contributed by atoms with Crippen LogP contribution in [0.2, 0.25) is 0 Å². The summed E-state index contributed by atoms with van der Waals surface area (Å²) in [5.74, 6) is 1.88. The van der Waals surface area contributed by atoms with Gasteiger partial charge in [0.25, 0.3) is 0 Å². The maximum Gasteiger partial charge on any atom is 0.138 e. The molecule has 4 nitrogen and oxygen atoms in total. The van der Waals surface area contributed by atoms with Gasteiger partial charge in [0.2, 0.25) is 0 Å². The second-order valence-electron chi connectivity index (χ2n) is 4.78. The zero-order chi connectivity index (χ0) is 11.4. The lowest BCUT2D eigenvalue weighted by atomic mass is 9.90. The van der Waals surface area contributed by atoms with Crippen LogP contribution in [0.1, 0.15) is 38.9 Å². The van der Waals surface area contributed by atoms with E-state index in [1.807, 2.05) is 4.68 Å². The summed E-state index contributed by atoms with van der Waals surface area (Å²) in [6.07, 6.45) is 6.45. The summed E-state index contributed by atoms with van der Waals surface area (Å²) in [6.45, 7) is 6.64. The second kappa shape index (κ2) is 5.43. The van der Waals surface area contributed by atoms with Crippen LogP contribution in [0, 0.1) is 5.92 Å². The Balaban J connectivity index is 1.99. The van der Waals surface area contributed by atoms with Crippen LogP contribution in [-0.2, 0) is 13.0 Å². The quantitative estimate of drug-likeness (QED) is 0.842. The maximum atomic E-state index is 4.38.